The van der Waals surface area contributed by atoms with Crippen molar-refractivity contribution in [3.8, 4) is 0 Å². The Morgan fingerprint density at radius 2 is 1.69 bits per heavy atom. The molecule has 0 radical (unpaired) electrons. The zero-order chi connectivity index (χ0) is 33.6. The fourth-order valence-electron chi connectivity index (χ4n) is 4.01. The van der Waals surface area contributed by atoms with Gasteiger partial charge in [0.1, 0.15) is 18.3 Å². The molecule has 1 atom stereocenters. The molecule has 2 N–H and O–H groups in total. The van der Waals surface area contributed by atoms with Gasteiger partial charge in [-0.2, -0.15) is 18.3 Å². The predicted molar refractivity (Wildman–Crippen MR) is 165 cm³/mol. The fourth-order valence-corrected chi connectivity index (χ4v) is 6.20. The highest BCUT2D eigenvalue weighted by Gasteiger charge is 2.35. The number of hydrogen-bond acceptors (Lipinski definition) is 7. The van der Waals surface area contributed by atoms with Gasteiger partial charge in [0.25, 0.3) is 15.7 Å². The van der Waals surface area contributed by atoms with Crippen LogP contribution in [0.1, 0.15) is 37.3 Å². The molecule has 1 heterocycles. The molecule has 3 aromatic carbocycles. The van der Waals surface area contributed by atoms with Crippen LogP contribution in [0.2, 0.25) is 20.1 Å². The van der Waals surface area contributed by atoms with E-state index in [9.17, 15) is 36.8 Å². The van der Waals surface area contributed by atoms with Crippen LogP contribution >= 0.6 is 46.4 Å². The second-order valence-corrected chi connectivity index (χ2v) is 12.9. The standard InChI is InChI=1S/C14H17Cl2N3O.C13H7Cl2F3N2O4S/c1-2-3-6-14(20,8-19-10-17-9-18-19)12-5-4-11(15)7-13(12)16;14-10-3-2-8(6-9(10)13(16,17)18)25(23,24)19-12-4-1-7(20(21)22)5-11(12)15/h4-5,7,9-10,20H,2-3,6,8H2,1H3;1-6,19H. The highest BCUT2D eigenvalue weighted by molar-refractivity contribution is 7.92. The number of non-ortho nitro benzene ring substituents is 1. The summed E-state index contributed by atoms with van der Waals surface area (Å²) in [6.45, 7) is 2.40. The molecule has 0 bridgehead atoms. The molecule has 0 amide bonds. The van der Waals surface area contributed by atoms with Crippen molar-refractivity contribution < 1.29 is 31.6 Å². The molecular weight excluding hydrogens is 705 g/mol. The average molecular weight is 729 g/mol. The minimum atomic E-state index is -4.84. The highest BCUT2D eigenvalue weighted by Crippen LogP contribution is 2.37. The third-order valence-electron chi connectivity index (χ3n) is 6.23. The quantitative estimate of drug-likeness (QED) is 0.123. The lowest BCUT2D eigenvalue weighted by molar-refractivity contribution is -0.384. The van der Waals surface area contributed by atoms with Crippen molar-refractivity contribution in [2.45, 2.75) is 49.4 Å². The number of benzene rings is 3. The number of sulfonamides is 1. The summed E-state index contributed by atoms with van der Waals surface area (Å²) in [5.41, 5.74) is -2.32. The molecule has 0 aliphatic heterocycles. The number of unbranched alkanes of at least 4 members (excludes halogenated alkanes) is 1. The normalized spacial score (nSPS) is 13.0. The highest BCUT2D eigenvalue weighted by atomic mass is 35.5. The van der Waals surface area contributed by atoms with Crippen molar-refractivity contribution in [2.75, 3.05) is 4.72 Å². The van der Waals surface area contributed by atoms with Crippen molar-refractivity contribution in [3.63, 3.8) is 0 Å². The number of hydrogen-bond donors (Lipinski definition) is 2. The Labute approximate surface area is 275 Å². The minimum Gasteiger partial charge on any atom is -0.383 e. The third-order valence-corrected chi connectivity index (χ3v) is 8.78. The van der Waals surface area contributed by atoms with Gasteiger partial charge in [0.2, 0.25) is 0 Å². The number of rotatable bonds is 10. The van der Waals surface area contributed by atoms with E-state index in [2.05, 4.69) is 17.0 Å². The minimum absolute atomic E-state index is 0.226. The second kappa shape index (κ2) is 15.0. The van der Waals surface area contributed by atoms with Gasteiger partial charge in [-0.1, -0.05) is 72.2 Å². The van der Waals surface area contributed by atoms with Gasteiger partial charge in [-0.15, -0.1) is 0 Å². The Bertz CT molecular complexity index is 1760. The van der Waals surface area contributed by atoms with Crippen molar-refractivity contribution in [1.82, 2.24) is 14.8 Å². The largest absolute Gasteiger partial charge is 0.417 e. The molecule has 0 fully saturated rings. The van der Waals surface area contributed by atoms with E-state index in [1.54, 1.807) is 29.2 Å². The Morgan fingerprint density at radius 1 is 0.978 bits per heavy atom. The molecule has 0 aliphatic carbocycles. The van der Waals surface area contributed by atoms with E-state index in [1.165, 1.54) is 6.33 Å². The van der Waals surface area contributed by atoms with Crippen LogP contribution in [0.3, 0.4) is 0 Å². The first-order chi connectivity index (χ1) is 21.0. The van der Waals surface area contributed by atoms with Crippen LogP contribution in [0.5, 0.6) is 0 Å². The molecule has 4 rings (SSSR count). The average Bonchev–Trinajstić information content (AvgIpc) is 3.45. The maximum absolute atomic E-state index is 12.8. The maximum atomic E-state index is 12.8. The third kappa shape index (κ3) is 9.67. The summed E-state index contributed by atoms with van der Waals surface area (Å²) in [7, 11) is -4.43. The number of nitro benzene ring substituents is 1. The first-order valence-electron chi connectivity index (χ1n) is 12.8. The number of halogens is 7. The Hall–Kier alpha value is -3.14. The molecule has 0 saturated heterocycles. The van der Waals surface area contributed by atoms with E-state index in [4.69, 9.17) is 46.4 Å². The topological polar surface area (TPSA) is 140 Å². The van der Waals surface area contributed by atoms with Gasteiger partial charge in [-0.3, -0.25) is 14.8 Å². The SMILES string of the molecule is CCCCC(O)(Cn1cncn1)c1ccc(Cl)cc1Cl.O=[N+]([O-])c1ccc(NS(=O)(=O)c2ccc(Cl)c(C(F)(F)F)c2)c(Cl)c1. The Kier molecular flexibility index (Phi) is 12.1. The van der Waals surface area contributed by atoms with Gasteiger partial charge >= 0.3 is 6.18 Å². The van der Waals surface area contributed by atoms with Gasteiger partial charge in [0, 0.05) is 27.7 Å². The molecule has 4 aromatic rings. The summed E-state index contributed by atoms with van der Waals surface area (Å²) < 4.78 is 66.6. The maximum Gasteiger partial charge on any atom is 0.417 e. The summed E-state index contributed by atoms with van der Waals surface area (Å²) in [5, 5.41) is 25.8. The van der Waals surface area contributed by atoms with E-state index in [-0.39, 0.29) is 16.4 Å². The zero-order valence-corrected chi connectivity index (χ0v) is 26.9. The van der Waals surface area contributed by atoms with Gasteiger partial charge in [-0.05, 0) is 42.8 Å². The lowest BCUT2D eigenvalue weighted by atomic mass is 9.88. The molecule has 0 saturated carbocycles. The fraction of sp³-hybridized carbons (Fsp3) is 0.259. The van der Waals surface area contributed by atoms with Crippen LogP contribution in [0.25, 0.3) is 0 Å². The zero-order valence-electron chi connectivity index (χ0n) is 23.1. The molecule has 45 heavy (non-hydrogen) atoms. The number of aliphatic hydroxyl groups is 1. The number of nitro groups is 1. The molecule has 0 aliphatic rings. The lowest BCUT2D eigenvalue weighted by Crippen LogP contribution is -2.32. The molecule has 242 valence electrons. The Balaban J connectivity index is 0.000000251. The van der Waals surface area contributed by atoms with Crippen molar-refractivity contribution in [2.24, 2.45) is 0 Å². The van der Waals surface area contributed by atoms with E-state index in [0.717, 1.165) is 43.2 Å². The van der Waals surface area contributed by atoms with Crippen LogP contribution in [-0.4, -0.2) is 33.2 Å². The van der Waals surface area contributed by atoms with Crippen LogP contribution in [0.15, 0.2) is 72.1 Å². The predicted octanol–water partition coefficient (Wildman–Crippen LogP) is 8.38. The van der Waals surface area contributed by atoms with E-state index >= 15 is 0 Å². The number of alkyl halides is 3. The molecule has 1 aromatic heterocycles. The number of aromatic nitrogens is 3. The van der Waals surface area contributed by atoms with E-state index in [0.29, 0.717) is 34.6 Å². The van der Waals surface area contributed by atoms with Gasteiger partial charge in [0.05, 0.1) is 37.7 Å². The van der Waals surface area contributed by atoms with Crippen molar-refractivity contribution in [3.05, 3.63) is 109 Å². The van der Waals surface area contributed by atoms with Crippen LogP contribution in [-0.2, 0) is 28.3 Å². The van der Waals surface area contributed by atoms with Crippen molar-refractivity contribution >= 4 is 67.8 Å². The summed E-state index contributed by atoms with van der Waals surface area (Å²) in [4.78, 5) is 13.1. The first kappa shape index (κ1) is 36.3. The van der Waals surface area contributed by atoms with Gasteiger partial charge < -0.3 is 5.11 Å². The van der Waals surface area contributed by atoms with Crippen LogP contribution < -0.4 is 4.72 Å². The number of nitrogens with zero attached hydrogens (tertiary/aromatic N) is 4. The van der Waals surface area contributed by atoms with E-state index < -0.39 is 42.2 Å². The molecule has 1 unspecified atom stereocenters. The second-order valence-electron chi connectivity index (χ2n) is 9.52. The van der Waals surface area contributed by atoms with Gasteiger partial charge in [-0.25, -0.2) is 18.1 Å². The van der Waals surface area contributed by atoms with Gasteiger partial charge in [0.15, 0.2) is 0 Å². The van der Waals surface area contributed by atoms with Crippen LogP contribution in [0.4, 0.5) is 24.5 Å². The number of anilines is 1. The molecule has 0 spiro atoms. The number of nitrogens with one attached hydrogen (secondary N) is 1. The summed E-state index contributed by atoms with van der Waals surface area (Å²) in [6, 6.07) is 10.2. The molecule has 10 nitrogen and oxygen atoms in total. The monoisotopic (exact) mass is 727 g/mol. The van der Waals surface area contributed by atoms with Crippen LogP contribution in [0, 0.1) is 10.1 Å². The Morgan fingerprint density at radius 3 is 2.24 bits per heavy atom. The smallest absolute Gasteiger partial charge is 0.383 e. The summed E-state index contributed by atoms with van der Waals surface area (Å²) >= 11 is 23.4. The van der Waals surface area contributed by atoms with Crippen molar-refractivity contribution in [1.29, 1.82) is 0 Å². The molecule has 18 heteroatoms. The lowest BCUT2D eigenvalue weighted by Gasteiger charge is -2.29. The van der Waals surface area contributed by atoms with E-state index in [1.807, 2.05) is 4.72 Å². The first-order valence-corrected chi connectivity index (χ1v) is 15.8. The summed E-state index contributed by atoms with van der Waals surface area (Å²) in [6.07, 6.45) is 0.678. The molecular formula is C27H24Cl4F3N5O5S. The summed E-state index contributed by atoms with van der Waals surface area (Å²) in [5.74, 6) is 0.